The molecule has 232 valence electrons. The van der Waals surface area contributed by atoms with Gasteiger partial charge in [-0.1, -0.05) is 54.0 Å². The summed E-state index contributed by atoms with van der Waals surface area (Å²) in [6.45, 7) is 16.1. The maximum Gasteiger partial charge on any atom is 0.397 e. The molecule has 0 heterocycles. The van der Waals surface area contributed by atoms with E-state index in [-0.39, 0.29) is 35.4 Å². The molecule has 4 rings (SSSR count). The first-order chi connectivity index (χ1) is 18.8. The minimum Gasteiger partial charge on any atom is -0.435 e. The van der Waals surface area contributed by atoms with Crippen LogP contribution in [0.25, 0.3) is 0 Å². The molecule has 8 nitrogen and oxygen atoms in total. The largest absolute Gasteiger partial charge is 0.435 e. The molecular weight excluding hydrogens is 544 g/mol. The van der Waals surface area contributed by atoms with Crippen molar-refractivity contribution in [2.45, 2.75) is 119 Å². The topological polar surface area (TPSA) is 127 Å². The number of fused-ring (bicyclic) bond motifs is 4. The molecule has 0 spiro atoms. The number of ether oxygens (including phenoxy) is 1. The lowest BCUT2D eigenvalue weighted by Crippen LogP contribution is -2.61. The van der Waals surface area contributed by atoms with E-state index in [1.807, 2.05) is 13.8 Å². The van der Waals surface area contributed by atoms with Gasteiger partial charge in [0.15, 0.2) is 5.78 Å². The number of carbonyl (C=O) groups excluding carboxylic acids is 2. The van der Waals surface area contributed by atoms with Crippen molar-refractivity contribution in [3.05, 3.63) is 23.0 Å². The van der Waals surface area contributed by atoms with Crippen LogP contribution >= 0.6 is 0 Å². The number of rotatable bonds is 8. The lowest BCUT2D eigenvalue weighted by molar-refractivity contribution is -0.151. The van der Waals surface area contributed by atoms with Gasteiger partial charge in [-0.05, 0) is 90.9 Å². The van der Waals surface area contributed by atoms with Gasteiger partial charge in [0.05, 0.1) is 12.4 Å². The molecule has 0 bridgehead atoms. The Kier molecular flexibility index (Phi) is 8.83. The van der Waals surface area contributed by atoms with Crippen molar-refractivity contribution >= 4 is 22.2 Å². The number of hydrogen-bond donors (Lipinski definition) is 2. The molecule has 2 fully saturated rings. The third kappa shape index (κ3) is 5.85. The number of esters is 1. The Bertz CT molecular complexity index is 1230. The second-order valence-corrected chi connectivity index (χ2v) is 15.8. The zero-order valence-electron chi connectivity index (χ0n) is 26.0. The third-order valence-corrected chi connectivity index (χ3v) is 12.0. The highest BCUT2D eigenvalue weighted by molar-refractivity contribution is 7.80. The summed E-state index contributed by atoms with van der Waals surface area (Å²) in [6, 6.07) is 0. The molecule has 4 aliphatic rings. The molecule has 0 aliphatic heterocycles. The number of aliphatic hydroxyl groups is 1. The van der Waals surface area contributed by atoms with Crippen LogP contribution in [0.4, 0.5) is 0 Å². The first-order valence-electron chi connectivity index (χ1n) is 15.3. The summed E-state index contributed by atoms with van der Waals surface area (Å²) in [5, 5.41) is 11.1. The fraction of sp³-hybridized carbons (Fsp3) is 0.812. The highest BCUT2D eigenvalue weighted by Crippen LogP contribution is 2.67. The van der Waals surface area contributed by atoms with Crippen LogP contribution in [-0.2, 0) is 28.9 Å². The van der Waals surface area contributed by atoms with Gasteiger partial charge in [-0.15, -0.1) is 0 Å². The highest BCUT2D eigenvalue weighted by Gasteiger charge is 2.63. The third-order valence-electron chi connectivity index (χ3n) is 11.5. The number of allylic oxidation sites excluding steroid dienone is 3. The van der Waals surface area contributed by atoms with E-state index in [0.29, 0.717) is 24.2 Å². The lowest BCUT2D eigenvalue weighted by Gasteiger charge is -2.60. The van der Waals surface area contributed by atoms with E-state index in [4.69, 9.17) is 8.92 Å². The van der Waals surface area contributed by atoms with E-state index < -0.39 is 33.4 Å². The number of aliphatic hydroxyl groups excluding tert-OH is 1. The second-order valence-electron chi connectivity index (χ2n) is 14.8. The molecule has 2 unspecified atom stereocenters. The van der Waals surface area contributed by atoms with Gasteiger partial charge < -0.3 is 9.84 Å². The molecule has 9 heteroatoms. The van der Waals surface area contributed by atoms with Crippen molar-refractivity contribution in [1.82, 2.24) is 0 Å². The second kappa shape index (κ2) is 11.2. The van der Waals surface area contributed by atoms with Crippen LogP contribution in [0.15, 0.2) is 23.0 Å². The summed E-state index contributed by atoms with van der Waals surface area (Å²) < 4.78 is 42.8. The molecule has 2 N–H and O–H groups in total. The minimum absolute atomic E-state index is 0.0770. The van der Waals surface area contributed by atoms with Gasteiger partial charge in [-0.2, -0.15) is 8.42 Å². The monoisotopic (exact) mass is 594 g/mol. The predicted octanol–water partition coefficient (Wildman–Crippen LogP) is 6.20. The standard InChI is InChI=1S/C32H50O8S/c1-18(2)21(17-39-20(4)33)10-9-19(3)23-12-13-24-22-11-14-27-30(5,6)29(40-41(36,37)38)26(35)16-32(27,8)28(22)25(34)15-31(23,24)7/h17-19,23-24,26-27,29,35H,9-16H2,1-8H3,(H,36,37,38)/t19-,23-,24+,26?,27?,29+,31-,32+/m1/s1. The number of Topliss-reactive ketones (excluding diaryl/α,β-unsaturated/α-hetero) is 1. The average molecular weight is 595 g/mol. The maximum absolute atomic E-state index is 14.2. The van der Waals surface area contributed by atoms with Gasteiger partial charge in [-0.25, -0.2) is 4.18 Å². The summed E-state index contributed by atoms with van der Waals surface area (Å²) in [5.74, 6) is 1.18. The highest BCUT2D eigenvalue weighted by atomic mass is 32.3. The minimum atomic E-state index is -4.74. The molecule has 2 saturated carbocycles. The average Bonchev–Trinajstić information content (AvgIpc) is 3.16. The molecule has 0 aromatic rings. The van der Waals surface area contributed by atoms with Gasteiger partial charge >= 0.3 is 16.4 Å². The Morgan fingerprint density at radius 1 is 1.12 bits per heavy atom. The Morgan fingerprint density at radius 2 is 1.78 bits per heavy atom. The van der Waals surface area contributed by atoms with Gasteiger partial charge in [0.1, 0.15) is 6.10 Å². The summed E-state index contributed by atoms with van der Waals surface area (Å²) in [5.41, 5.74) is 1.75. The predicted molar refractivity (Wildman–Crippen MR) is 156 cm³/mol. The molecule has 0 amide bonds. The summed E-state index contributed by atoms with van der Waals surface area (Å²) in [7, 11) is -4.74. The molecule has 0 saturated heterocycles. The first-order valence-corrected chi connectivity index (χ1v) is 16.7. The fourth-order valence-electron chi connectivity index (χ4n) is 9.82. The van der Waals surface area contributed by atoms with E-state index >= 15 is 0 Å². The van der Waals surface area contributed by atoms with Crippen LogP contribution in [0.5, 0.6) is 0 Å². The van der Waals surface area contributed by atoms with Crippen molar-refractivity contribution in [1.29, 1.82) is 0 Å². The summed E-state index contributed by atoms with van der Waals surface area (Å²) in [6.07, 6.45) is 5.59. The SMILES string of the molecule is CC(=O)OC=C(CC[C@@H](C)[C@H]1CC[C@H]2C3=C(C(=O)C[C@]12C)[C@@]1(C)CC(O)[C@H](OS(=O)(=O)O)C(C)(C)C1CC3)C(C)C. The molecule has 0 aromatic carbocycles. The fourth-order valence-corrected chi connectivity index (χ4v) is 10.5. The lowest BCUT2D eigenvalue weighted by atomic mass is 9.45. The van der Waals surface area contributed by atoms with Crippen LogP contribution in [0.2, 0.25) is 0 Å². The van der Waals surface area contributed by atoms with Gasteiger partial charge in [0.2, 0.25) is 0 Å². The summed E-state index contributed by atoms with van der Waals surface area (Å²) >= 11 is 0. The van der Waals surface area contributed by atoms with Crippen LogP contribution in [0, 0.1) is 45.8 Å². The number of hydrogen-bond acceptors (Lipinski definition) is 7. The molecule has 0 aromatic heterocycles. The molecule has 4 aliphatic carbocycles. The van der Waals surface area contributed by atoms with E-state index in [9.17, 15) is 27.7 Å². The smallest absolute Gasteiger partial charge is 0.397 e. The first kappa shape index (κ1) is 32.4. The van der Waals surface area contributed by atoms with Crippen molar-refractivity contribution in [3.63, 3.8) is 0 Å². The van der Waals surface area contributed by atoms with Crippen LogP contribution in [0.3, 0.4) is 0 Å². The normalized spacial score (nSPS) is 37.9. The maximum atomic E-state index is 14.2. The Morgan fingerprint density at radius 3 is 2.37 bits per heavy atom. The van der Waals surface area contributed by atoms with E-state index in [1.54, 1.807) is 6.26 Å². The number of carbonyl (C=O) groups is 2. The Hall–Kier alpha value is -1.55. The van der Waals surface area contributed by atoms with Crippen LogP contribution in [-0.4, -0.2) is 42.0 Å². The molecule has 41 heavy (non-hydrogen) atoms. The summed E-state index contributed by atoms with van der Waals surface area (Å²) in [4.78, 5) is 25.5. The van der Waals surface area contributed by atoms with Crippen molar-refractivity contribution in [3.8, 4) is 0 Å². The van der Waals surface area contributed by atoms with Crippen molar-refractivity contribution < 1.29 is 36.6 Å². The van der Waals surface area contributed by atoms with Gasteiger partial charge in [-0.3, -0.25) is 14.1 Å². The number of ketones is 1. The van der Waals surface area contributed by atoms with E-state index in [1.165, 1.54) is 12.5 Å². The van der Waals surface area contributed by atoms with Crippen molar-refractivity contribution in [2.24, 2.45) is 45.8 Å². The van der Waals surface area contributed by atoms with Gasteiger partial charge in [0.25, 0.3) is 0 Å². The Balaban J connectivity index is 1.60. The molecule has 8 atom stereocenters. The van der Waals surface area contributed by atoms with E-state index in [2.05, 4.69) is 34.6 Å². The van der Waals surface area contributed by atoms with E-state index in [0.717, 1.165) is 49.7 Å². The zero-order chi connectivity index (χ0) is 30.7. The van der Waals surface area contributed by atoms with Crippen LogP contribution < -0.4 is 0 Å². The zero-order valence-corrected chi connectivity index (χ0v) is 26.8. The quantitative estimate of drug-likeness (QED) is 0.193. The van der Waals surface area contributed by atoms with Crippen molar-refractivity contribution in [2.75, 3.05) is 0 Å². The van der Waals surface area contributed by atoms with Gasteiger partial charge in [0, 0.05) is 24.3 Å². The molecule has 0 radical (unpaired) electrons. The van der Waals surface area contributed by atoms with Crippen LogP contribution in [0.1, 0.15) is 107 Å². The Labute approximate surface area is 246 Å². The molecular formula is C32H50O8S.